The van der Waals surface area contributed by atoms with Crippen LogP contribution in [0.4, 0.5) is 0 Å². The number of phosphoric ester groups is 1. The molecule has 2 N–H and O–H groups in total. The molecule has 0 bridgehead atoms. The van der Waals surface area contributed by atoms with Gasteiger partial charge >= 0.3 is 13.8 Å². The molecule has 0 radical (unpaired) electrons. The Morgan fingerprint density at radius 2 is 0.803 bits per heavy atom. The van der Waals surface area contributed by atoms with E-state index in [0.29, 0.717) is 23.9 Å². The zero-order valence-corrected chi connectivity index (χ0v) is 51.6. The highest BCUT2D eigenvalue weighted by molar-refractivity contribution is 7.47. The average Bonchev–Trinajstić information content (AvgIpc) is 3.38. The second kappa shape index (κ2) is 56.0. The Morgan fingerprint density at radius 1 is 0.461 bits per heavy atom. The Hall–Kier alpha value is -2.29. The molecule has 0 aromatic rings. The summed E-state index contributed by atoms with van der Waals surface area (Å²) in [5.41, 5.74) is 0. The number of rotatable bonds is 58. The minimum absolute atomic E-state index is 0.0399. The van der Waals surface area contributed by atoms with E-state index < -0.39 is 20.0 Å². The fraction of sp³-hybridized carbons (Fsp3) is 0.818. The molecule has 0 fully saturated rings. The van der Waals surface area contributed by atoms with Gasteiger partial charge in [0.05, 0.1) is 33.8 Å². The molecule has 0 aromatic heterocycles. The molecular formula is C66H124N2O7P+. The molecule has 0 heterocycles. The van der Waals surface area contributed by atoms with E-state index in [2.05, 4.69) is 74.7 Å². The number of nitrogens with zero attached hydrogens (tertiary/aromatic N) is 1. The molecular weight excluding hydrogens is 964 g/mol. The fourth-order valence-electron chi connectivity index (χ4n) is 9.22. The lowest BCUT2D eigenvalue weighted by Crippen LogP contribution is -2.47. The van der Waals surface area contributed by atoms with Crippen LogP contribution in [-0.2, 0) is 27.9 Å². The van der Waals surface area contributed by atoms with E-state index in [4.69, 9.17) is 13.8 Å². The third-order valence-electron chi connectivity index (χ3n) is 14.2. The van der Waals surface area contributed by atoms with Crippen LogP contribution >= 0.6 is 7.82 Å². The first-order chi connectivity index (χ1) is 36.9. The van der Waals surface area contributed by atoms with E-state index in [1.54, 1.807) is 0 Å². The van der Waals surface area contributed by atoms with E-state index in [1.807, 2.05) is 33.3 Å². The van der Waals surface area contributed by atoms with Crippen LogP contribution in [0.3, 0.4) is 0 Å². The normalized spacial score (nSPS) is 14.0. The maximum atomic E-state index is 13.5. The second-order valence-corrected chi connectivity index (χ2v) is 24.4. The first kappa shape index (κ1) is 73.7. The smallest absolute Gasteiger partial charge is 0.456 e. The zero-order chi connectivity index (χ0) is 55.7. The van der Waals surface area contributed by atoms with Crippen LogP contribution in [0.15, 0.2) is 60.8 Å². The number of hydrogen-bond acceptors (Lipinski definition) is 6. The molecule has 0 aromatic carbocycles. The minimum Gasteiger partial charge on any atom is -0.456 e. The number of hydrogen-bond donors (Lipinski definition) is 2. The molecule has 3 unspecified atom stereocenters. The quantitative estimate of drug-likeness (QED) is 0.0205. The van der Waals surface area contributed by atoms with Gasteiger partial charge in [0.2, 0.25) is 5.91 Å². The van der Waals surface area contributed by atoms with Crippen molar-refractivity contribution in [2.45, 2.75) is 309 Å². The number of quaternary nitrogens is 1. The van der Waals surface area contributed by atoms with Crippen molar-refractivity contribution < 1.29 is 37.3 Å². The molecule has 0 spiro atoms. The molecule has 0 aliphatic heterocycles. The summed E-state index contributed by atoms with van der Waals surface area (Å²) in [5.74, 6) is -0.502. The summed E-state index contributed by atoms with van der Waals surface area (Å²) in [6.45, 7) is 6.99. The molecule has 9 nitrogen and oxygen atoms in total. The number of esters is 1. The first-order valence-corrected chi connectivity index (χ1v) is 33.6. The molecule has 0 saturated carbocycles. The molecule has 0 rings (SSSR count). The fourth-order valence-corrected chi connectivity index (χ4v) is 9.95. The molecule has 3 atom stereocenters. The predicted octanol–water partition coefficient (Wildman–Crippen LogP) is 19.8. The Balaban J connectivity index is 5.02. The average molecular weight is 1090 g/mol. The van der Waals surface area contributed by atoms with Gasteiger partial charge in [0.1, 0.15) is 19.3 Å². The van der Waals surface area contributed by atoms with Gasteiger partial charge in [-0.2, -0.15) is 0 Å². The Kier molecular flexibility index (Phi) is 54.3. The van der Waals surface area contributed by atoms with Crippen LogP contribution in [0, 0.1) is 0 Å². The van der Waals surface area contributed by atoms with Crippen LogP contribution in [0.25, 0.3) is 0 Å². The van der Waals surface area contributed by atoms with E-state index in [9.17, 15) is 19.0 Å². The lowest BCUT2D eigenvalue weighted by molar-refractivity contribution is -0.870. The van der Waals surface area contributed by atoms with E-state index in [-0.39, 0.29) is 25.1 Å². The van der Waals surface area contributed by atoms with Gasteiger partial charge in [-0.15, -0.1) is 0 Å². The largest absolute Gasteiger partial charge is 0.472 e. The van der Waals surface area contributed by atoms with Crippen LogP contribution in [0.2, 0.25) is 0 Å². The van der Waals surface area contributed by atoms with Crippen LogP contribution < -0.4 is 5.32 Å². The van der Waals surface area contributed by atoms with Crippen molar-refractivity contribution in [2.75, 3.05) is 40.9 Å². The topological polar surface area (TPSA) is 111 Å². The number of nitrogens with one attached hydrogen (secondary N) is 1. The van der Waals surface area contributed by atoms with Crippen molar-refractivity contribution in [3.8, 4) is 0 Å². The minimum atomic E-state index is -4.45. The summed E-state index contributed by atoms with van der Waals surface area (Å²) in [4.78, 5) is 37.7. The molecule has 0 saturated heterocycles. The van der Waals surface area contributed by atoms with Crippen LogP contribution in [0.1, 0.15) is 297 Å². The van der Waals surface area contributed by atoms with Crippen molar-refractivity contribution in [3.63, 3.8) is 0 Å². The number of likely N-dealkylation sites (N-methyl/N-ethyl adjacent to an activating group) is 1. The van der Waals surface area contributed by atoms with Gasteiger partial charge in [-0.05, 0) is 76.7 Å². The molecule has 0 aliphatic rings. The summed E-state index contributed by atoms with van der Waals surface area (Å²) in [5, 5.41) is 3.06. The lowest BCUT2D eigenvalue weighted by atomic mass is 10.0. The van der Waals surface area contributed by atoms with Gasteiger partial charge in [0, 0.05) is 12.8 Å². The number of amides is 1. The van der Waals surface area contributed by atoms with Gasteiger partial charge in [-0.3, -0.25) is 18.6 Å². The number of carbonyl (C=O) groups is 2. The van der Waals surface area contributed by atoms with E-state index >= 15 is 0 Å². The SMILES string of the molecule is CCCCC/C=C\C/C=C\C/C=C\C/C=C\CCCCCCCCCCCCCC(=O)NC(COP(=O)(O)OCC[N+](C)(C)C)C(/C=C\CCCCCCCCCCCC)OC(=O)CCCCCCCCCCCCC. The van der Waals surface area contributed by atoms with E-state index in [0.717, 1.165) is 77.0 Å². The zero-order valence-electron chi connectivity index (χ0n) is 50.7. The summed E-state index contributed by atoms with van der Waals surface area (Å²) in [6, 6.07) is -0.848. The summed E-state index contributed by atoms with van der Waals surface area (Å²) in [6.07, 6.45) is 70.8. The van der Waals surface area contributed by atoms with Gasteiger partial charge in [-0.25, -0.2) is 4.57 Å². The summed E-state index contributed by atoms with van der Waals surface area (Å²) < 4.78 is 30.7. The van der Waals surface area contributed by atoms with Crippen molar-refractivity contribution >= 4 is 19.7 Å². The number of phosphoric acid groups is 1. The Labute approximate surface area is 471 Å². The lowest BCUT2D eigenvalue weighted by Gasteiger charge is -2.27. The molecule has 1 amide bonds. The first-order valence-electron chi connectivity index (χ1n) is 32.1. The van der Waals surface area contributed by atoms with Gasteiger partial charge in [0.15, 0.2) is 0 Å². The van der Waals surface area contributed by atoms with Gasteiger partial charge < -0.3 is 19.4 Å². The third kappa shape index (κ3) is 56.4. The number of unbranched alkanes of at least 4 members (excludes halogenated alkanes) is 34. The highest BCUT2D eigenvalue weighted by Gasteiger charge is 2.30. The summed E-state index contributed by atoms with van der Waals surface area (Å²) in [7, 11) is 1.50. The molecule has 0 aliphatic carbocycles. The van der Waals surface area contributed by atoms with Crippen LogP contribution in [-0.4, -0.2) is 74.3 Å². The van der Waals surface area contributed by atoms with Crippen molar-refractivity contribution in [2.24, 2.45) is 0 Å². The highest BCUT2D eigenvalue weighted by Crippen LogP contribution is 2.43. The number of allylic oxidation sites excluding steroid dienone is 9. The van der Waals surface area contributed by atoms with Crippen molar-refractivity contribution in [1.82, 2.24) is 5.32 Å². The molecule has 444 valence electrons. The predicted molar refractivity (Wildman–Crippen MR) is 328 cm³/mol. The maximum Gasteiger partial charge on any atom is 0.472 e. The van der Waals surface area contributed by atoms with Crippen molar-refractivity contribution in [3.05, 3.63) is 60.8 Å². The molecule has 10 heteroatoms. The Bertz CT molecular complexity index is 1490. The maximum absolute atomic E-state index is 13.5. The van der Waals surface area contributed by atoms with Gasteiger partial charge in [0.25, 0.3) is 0 Å². The van der Waals surface area contributed by atoms with Crippen molar-refractivity contribution in [1.29, 1.82) is 0 Å². The van der Waals surface area contributed by atoms with Gasteiger partial charge in [-0.1, -0.05) is 268 Å². The standard InChI is InChI=1S/C66H123N2O7P/c1-7-10-13-16-19-22-25-27-28-29-30-31-32-33-34-35-36-37-38-39-40-41-44-46-49-52-55-58-65(69)67-63(62-74-76(71,72)73-61-60-68(4,5)6)64(57-54-51-48-45-43-26-23-20-17-14-11-8-2)75-66(70)59-56-53-50-47-42-24-21-18-15-12-9-3/h19,22,27-28,30-31,33-34,54,57,63-64H,7-18,20-21,23-26,29,32,35-53,55-56,58-62H2,1-6H3,(H-,67,69,71,72)/p+1/b22-19-,28-27-,31-30-,34-33-,57-54-. The number of ether oxygens (including phenoxy) is 1. The Morgan fingerprint density at radius 3 is 1.22 bits per heavy atom. The monoisotopic (exact) mass is 1090 g/mol. The van der Waals surface area contributed by atoms with E-state index in [1.165, 1.54) is 186 Å². The second-order valence-electron chi connectivity index (χ2n) is 22.9. The molecule has 76 heavy (non-hydrogen) atoms. The third-order valence-corrected chi connectivity index (χ3v) is 15.2. The summed E-state index contributed by atoms with van der Waals surface area (Å²) >= 11 is 0. The number of carbonyl (C=O) groups excluding carboxylic acids is 2. The highest BCUT2D eigenvalue weighted by atomic mass is 31.2. The van der Waals surface area contributed by atoms with Crippen LogP contribution in [0.5, 0.6) is 0 Å².